The fourth-order valence-electron chi connectivity index (χ4n) is 1.62. The van der Waals surface area contributed by atoms with Gasteiger partial charge in [-0.2, -0.15) is 0 Å². The monoisotopic (exact) mass is 415 g/mol. The zero-order valence-electron chi connectivity index (χ0n) is 11.0. The summed E-state index contributed by atoms with van der Waals surface area (Å²) in [6, 6.07) is 6.58. The molecular formula is C14H11Br2NO4. The molecule has 1 aromatic heterocycles. The van der Waals surface area contributed by atoms with Gasteiger partial charge in [0.1, 0.15) is 6.61 Å². The zero-order valence-corrected chi connectivity index (χ0v) is 14.1. The van der Waals surface area contributed by atoms with Crippen molar-refractivity contribution in [3.63, 3.8) is 0 Å². The molecule has 0 aliphatic heterocycles. The maximum absolute atomic E-state index is 11.0. The fourth-order valence-corrected chi connectivity index (χ4v) is 2.41. The summed E-state index contributed by atoms with van der Waals surface area (Å²) >= 11 is 6.61. The first kappa shape index (κ1) is 15.8. The van der Waals surface area contributed by atoms with E-state index in [0.29, 0.717) is 16.0 Å². The molecule has 110 valence electrons. The Bertz CT molecular complexity index is 659. The SMILES string of the molecule is COc1cc(C(=O)O)cc(Br)c1OCc1ccc(Br)cn1. The minimum absolute atomic E-state index is 0.118. The molecule has 21 heavy (non-hydrogen) atoms. The number of rotatable bonds is 5. The highest BCUT2D eigenvalue weighted by Crippen LogP contribution is 2.37. The number of halogens is 2. The van der Waals surface area contributed by atoms with Crippen LogP contribution in [0.3, 0.4) is 0 Å². The van der Waals surface area contributed by atoms with Gasteiger partial charge in [-0.3, -0.25) is 4.98 Å². The van der Waals surface area contributed by atoms with Gasteiger partial charge in [0.15, 0.2) is 11.5 Å². The number of carboxylic acids is 1. The van der Waals surface area contributed by atoms with Crippen LogP contribution in [0.4, 0.5) is 0 Å². The second-order valence-corrected chi connectivity index (χ2v) is 5.82. The van der Waals surface area contributed by atoms with Crippen LogP contribution in [0.25, 0.3) is 0 Å². The molecule has 0 saturated carbocycles. The highest BCUT2D eigenvalue weighted by atomic mass is 79.9. The van der Waals surface area contributed by atoms with E-state index >= 15 is 0 Å². The number of nitrogens with zero attached hydrogens (tertiary/aromatic N) is 1. The van der Waals surface area contributed by atoms with Crippen LogP contribution in [-0.2, 0) is 6.61 Å². The van der Waals surface area contributed by atoms with Crippen LogP contribution in [-0.4, -0.2) is 23.2 Å². The van der Waals surface area contributed by atoms with Crippen LogP contribution in [0.5, 0.6) is 11.5 Å². The molecule has 0 radical (unpaired) electrons. The zero-order chi connectivity index (χ0) is 15.4. The average molecular weight is 417 g/mol. The average Bonchev–Trinajstić information content (AvgIpc) is 2.46. The third-order valence-corrected chi connectivity index (χ3v) is 3.69. The number of carbonyl (C=O) groups is 1. The summed E-state index contributed by atoms with van der Waals surface area (Å²) in [6.07, 6.45) is 1.68. The molecule has 2 rings (SSSR count). The van der Waals surface area contributed by atoms with E-state index in [2.05, 4.69) is 36.8 Å². The molecule has 5 nitrogen and oxygen atoms in total. The first-order chi connectivity index (χ1) is 10.0. The highest BCUT2D eigenvalue weighted by Gasteiger charge is 2.15. The Morgan fingerprint density at radius 3 is 2.67 bits per heavy atom. The summed E-state index contributed by atoms with van der Waals surface area (Å²) in [5.41, 5.74) is 0.863. The Labute approximate surface area is 138 Å². The van der Waals surface area contributed by atoms with Crippen molar-refractivity contribution in [1.82, 2.24) is 4.98 Å². The number of pyridine rings is 1. The summed E-state index contributed by atoms with van der Waals surface area (Å²) < 4.78 is 12.3. The van der Waals surface area contributed by atoms with Crippen LogP contribution in [0.15, 0.2) is 39.4 Å². The highest BCUT2D eigenvalue weighted by molar-refractivity contribution is 9.10. The van der Waals surface area contributed by atoms with Gasteiger partial charge in [-0.05, 0) is 56.1 Å². The van der Waals surface area contributed by atoms with Gasteiger partial charge in [0.2, 0.25) is 0 Å². The van der Waals surface area contributed by atoms with Gasteiger partial charge in [0.05, 0.1) is 22.8 Å². The molecule has 0 unspecified atom stereocenters. The van der Waals surface area contributed by atoms with Crippen molar-refractivity contribution in [3.8, 4) is 11.5 Å². The fraction of sp³-hybridized carbons (Fsp3) is 0.143. The number of carboxylic acid groups (broad SMARTS) is 1. The van der Waals surface area contributed by atoms with Gasteiger partial charge in [-0.25, -0.2) is 4.79 Å². The van der Waals surface area contributed by atoms with E-state index in [1.54, 1.807) is 6.20 Å². The molecule has 1 aromatic carbocycles. The van der Waals surface area contributed by atoms with Crippen molar-refractivity contribution in [2.24, 2.45) is 0 Å². The van der Waals surface area contributed by atoms with E-state index in [1.165, 1.54) is 19.2 Å². The van der Waals surface area contributed by atoms with Crippen LogP contribution in [0, 0.1) is 0 Å². The van der Waals surface area contributed by atoms with Crippen LogP contribution < -0.4 is 9.47 Å². The molecule has 0 amide bonds. The van der Waals surface area contributed by atoms with Gasteiger partial charge in [-0.1, -0.05) is 0 Å². The largest absolute Gasteiger partial charge is 0.493 e. The second-order valence-electron chi connectivity index (χ2n) is 4.05. The number of hydrogen-bond acceptors (Lipinski definition) is 4. The minimum Gasteiger partial charge on any atom is -0.493 e. The molecule has 0 aliphatic carbocycles. The molecule has 0 atom stereocenters. The van der Waals surface area contributed by atoms with Crippen molar-refractivity contribution >= 4 is 37.8 Å². The maximum Gasteiger partial charge on any atom is 0.335 e. The van der Waals surface area contributed by atoms with Crippen molar-refractivity contribution in [3.05, 3.63) is 50.7 Å². The lowest BCUT2D eigenvalue weighted by molar-refractivity contribution is 0.0696. The van der Waals surface area contributed by atoms with E-state index in [4.69, 9.17) is 14.6 Å². The molecule has 1 heterocycles. The lowest BCUT2D eigenvalue weighted by Gasteiger charge is -2.13. The standard InChI is InChI=1S/C14H11Br2NO4/c1-20-12-5-8(14(18)19)4-11(16)13(12)21-7-10-3-2-9(15)6-17-10/h2-6H,7H2,1H3,(H,18,19). The lowest BCUT2D eigenvalue weighted by Crippen LogP contribution is -2.03. The summed E-state index contributed by atoms with van der Waals surface area (Å²) in [6.45, 7) is 0.245. The van der Waals surface area contributed by atoms with E-state index in [-0.39, 0.29) is 12.2 Å². The number of aromatic nitrogens is 1. The molecule has 0 spiro atoms. The van der Waals surface area contributed by atoms with E-state index in [0.717, 1.165) is 10.2 Å². The van der Waals surface area contributed by atoms with Crippen LogP contribution >= 0.6 is 31.9 Å². The molecule has 1 N–H and O–H groups in total. The smallest absolute Gasteiger partial charge is 0.335 e. The molecular weight excluding hydrogens is 406 g/mol. The second kappa shape index (κ2) is 6.91. The molecule has 0 fully saturated rings. The van der Waals surface area contributed by atoms with Crippen molar-refractivity contribution in [2.45, 2.75) is 6.61 Å². The summed E-state index contributed by atoms with van der Waals surface area (Å²) in [5.74, 6) is -0.249. The van der Waals surface area contributed by atoms with E-state index in [1.807, 2.05) is 12.1 Å². The van der Waals surface area contributed by atoms with Crippen LogP contribution in [0.2, 0.25) is 0 Å². The topological polar surface area (TPSA) is 68.7 Å². The van der Waals surface area contributed by atoms with E-state index in [9.17, 15) is 4.79 Å². The molecule has 0 aliphatic rings. The number of methoxy groups -OCH3 is 1. The molecule has 0 bridgehead atoms. The maximum atomic E-state index is 11.0. The first-order valence-electron chi connectivity index (χ1n) is 5.85. The van der Waals surface area contributed by atoms with Gasteiger partial charge >= 0.3 is 5.97 Å². The predicted octanol–water partition coefficient (Wildman–Crippen LogP) is 3.89. The third-order valence-electron chi connectivity index (χ3n) is 2.63. The summed E-state index contributed by atoms with van der Waals surface area (Å²) in [5, 5.41) is 9.02. The van der Waals surface area contributed by atoms with Crippen molar-refractivity contribution in [1.29, 1.82) is 0 Å². The van der Waals surface area contributed by atoms with Crippen molar-refractivity contribution < 1.29 is 19.4 Å². The molecule has 7 heteroatoms. The first-order valence-corrected chi connectivity index (χ1v) is 7.44. The van der Waals surface area contributed by atoms with Crippen LogP contribution in [0.1, 0.15) is 16.1 Å². The Morgan fingerprint density at radius 2 is 2.10 bits per heavy atom. The van der Waals surface area contributed by atoms with Crippen molar-refractivity contribution in [2.75, 3.05) is 7.11 Å². The Kier molecular flexibility index (Phi) is 5.19. The number of ether oxygens (including phenoxy) is 2. The van der Waals surface area contributed by atoms with Gasteiger partial charge < -0.3 is 14.6 Å². The minimum atomic E-state index is -1.03. The normalized spacial score (nSPS) is 10.2. The van der Waals surface area contributed by atoms with Gasteiger partial charge in [0, 0.05) is 10.7 Å². The number of benzene rings is 1. The summed E-state index contributed by atoms with van der Waals surface area (Å²) in [7, 11) is 1.46. The lowest BCUT2D eigenvalue weighted by atomic mass is 10.2. The predicted molar refractivity (Wildman–Crippen MR) is 83.9 cm³/mol. The van der Waals surface area contributed by atoms with E-state index < -0.39 is 5.97 Å². The Balaban J connectivity index is 2.23. The molecule has 2 aromatic rings. The summed E-state index contributed by atoms with van der Waals surface area (Å²) in [4.78, 5) is 15.2. The quantitative estimate of drug-likeness (QED) is 0.800. The van der Waals surface area contributed by atoms with Gasteiger partial charge in [0.25, 0.3) is 0 Å². The van der Waals surface area contributed by atoms with Gasteiger partial charge in [-0.15, -0.1) is 0 Å². The molecule has 0 saturated heterocycles. The number of hydrogen-bond donors (Lipinski definition) is 1. The Morgan fingerprint density at radius 1 is 1.33 bits per heavy atom. The Hall–Kier alpha value is -1.60. The third kappa shape index (κ3) is 3.95. The number of aromatic carboxylic acids is 1.